The van der Waals surface area contributed by atoms with E-state index in [-0.39, 0.29) is 11.0 Å². The maximum absolute atomic E-state index is 6.16. The minimum absolute atomic E-state index is 0.0507. The molecule has 0 atom stereocenters. The molecule has 2 rings (SSSR count). The zero-order valence-electron chi connectivity index (χ0n) is 12.9. The molecule has 1 heterocycles. The predicted molar refractivity (Wildman–Crippen MR) is 82.3 cm³/mol. The molecule has 0 aliphatic carbocycles. The minimum Gasteiger partial charge on any atom is -0.369 e. The molecule has 2 N–H and O–H groups in total. The number of nitrogen functional groups attached to an aromatic ring is 1. The number of hydrogen-bond acceptors (Lipinski definition) is 2. The molecule has 0 saturated heterocycles. The van der Waals surface area contributed by atoms with E-state index in [9.17, 15) is 0 Å². The van der Waals surface area contributed by atoms with Crippen molar-refractivity contribution in [1.82, 2.24) is 9.55 Å². The van der Waals surface area contributed by atoms with E-state index in [2.05, 4.69) is 63.2 Å². The van der Waals surface area contributed by atoms with E-state index in [1.165, 1.54) is 5.56 Å². The molecule has 19 heavy (non-hydrogen) atoms. The highest BCUT2D eigenvalue weighted by molar-refractivity contribution is 5.79. The van der Waals surface area contributed by atoms with Gasteiger partial charge in [0.1, 0.15) is 0 Å². The minimum atomic E-state index is -0.0507. The molecule has 0 aliphatic heterocycles. The SMILES string of the molecule is Cc1ccc2nc(N)n(C(C)(C)CC(C)(C)C)c2c1. The van der Waals surface area contributed by atoms with Crippen LogP contribution in [0.15, 0.2) is 18.2 Å². The van der Waals surface area contributed by atoms with Crippen LogP contribution in [-0.2, 0) is 5.54 Å². The van der Waals surface area contributed by atoms with E-state index >= 15 is 0 Å². The Hall–Kier alpha value is -1.51. The van der Waals surface area contributed by atoms with Crippen LogP contribution in [0.5, 0.6) is 0 Å². The van der Waals surface area contributed by atoms with Crippen molar-refractivity contribution in [3.05, 3.63) is 23.8 Å². The molecular formula is C16H25N3. The second-order valence-electron chi connectivity index (χ2n) is 7.35. The van der Waals surface area contributed by atoms with Gasteiger partial charge < -0.3 is 10.3 Å². The van der Waals surface area contributed by atoms with Gasteiger partial charge in [-0.3, -0.25) is 0 Å². The maximum atomic E-state index is 6.16. The van der Waals surface area contributed by atoms with E-state index in [0.29, 0.717) is 5.95 Å². The molecule has 0 radical (unpaired) electrons. The van der Waals surface area contributed by atoms with Crippen molar-refractivity contribution in [2.24, 2.45) is 5.41 Å². The summed E-state index contributed by atoms with van der Waals surface area (Å²) in [5.41, 5.74) is 9.70. The van der Waals surface area contributed by atoms with Crippen LogP contribution in [0.2, 0.25) is 0 Å². The first-order chi connectivity index (χ1) is 8.60. The van der Waals surface area contributed by atoms with Crippen molar-refractivity contribution in [2.45, 2.75) is 53.5 Å². The van der Waals surface area contributed by atoms with E-state index in [4.69, 9.17) is 5.73 Å². The van der Waals surface area contributed by atoms with Crippen LogP contribution in [0.3, 0.4) is 0 Å². The summed E-state index contributed by atoms with van der Waals surface area (Å²) in [6.07, 6.45) is 1.05. The molecule has 104 valence electrons. The van der Waals surface area contributed by atoms with Crippen LogP contribution in [0, 0.1) is 12.3 Å². The van der Waals surface area contributed by atoms with Crippen molar-refractivity contribution < 1.29 is 0 Å². The summed E-state index contributed by atoms with van der Waals surface area (Å²) in [6.45, 7) is 13.3. The van der Waals surface area contributed by atoms with Gasteiger partial charge in [-0.15, -0.1) is 0 Å². The van der Waals surface area contributed by atoms with E-state index in [1.807, 2.05) is 6.07 Å². The Bertz CT molecular complexity index is 600. The molecule has 1 aromatic carbocycles. The first-order valence-corrected chi connectivity index (χ1v) is 6.85. The summed E-state index contributed by atoms with van der Waals surface area (Å²) in [6, 6.07) is 6.30. The number of rotatable bonds is 2. The van der Waals surface area contributed by atoms with Crippen molar-refractivity contribution in [2.75, 3.05) is 5.73 Å². The lowest BCUT2D eigenvalue weighted by atomic mass is 9.81. The summed E-state index contributed by atoms with van der Waals surface area (Å²) < 4.78 is 2.18. The summed E-state index contributed by atoms with van der Waals surface area (Å²) in [4.78, 5) is 4.49. The highest BCUT2D eigenvalue weighted by atomic mass is 15.2. The summed E-state index contributed by atoms with van der Waals surface area (Å²) in [5.74, 6) is 0.606. The van der Waals surface area contributed by atoms with Gasteiger partial charge in [-0.2, -0.15) is 0 Å². The van der Waals surface area contributed by atoms with Gasteiger partial charge >= 0.3 is 0 Å². The quantitative estimate of drug-likeness (QED) is 0.882. The Morgan fingerprint density at radius 2 is 1.79 bits per heavy atom. The van der Waals surface area contributed by atoms with Crippen molar-refractivity contribution in [3.63, 3.8) is 0 Å². The molecule has 3 nitrogen and oxygen atoms in total. The molecule has 1 aromatic heterocycles. The van der Waals surface area contributed by atoms with Gasteiger partial charge in [0, 0.05) is 5.54 Å². The van der Waals surface area contributed by atoms with E-state index in [0.717, 1.165) is 17.5 Å². The lowest BCUT2D eigenvalue weighted by Crippen LogP contribution is -2.32. The molecule has 0 bridgehead atoms. The number of aryl methyl sites for hydroxylation is 1. The highest BCUT2D eigenvalue weighted by Gasteiger charge is 2.30. The smallest absolute Gasteiger partial charge is 0.201 e. The highest BCUT2D eigenvalue weighted by Crippen LogP contribution is 2.36. The largest absolute Gasteiger partial charge is 0.369 e. The number of anilines is 1. The Morgan fingerprint density at radius 3 is 2.37 bits per heavy atom. The third-order valence-electron chi connectivity index (χ3n) is 3.40. The van der Waals surface area contributed by atoms with Gasteiger partial charge in [0.25, 0.3) is 0 Å². The van der Waals surface area contributed by atoms with Crippen LogP contribution in [0.25, 0.3) is 11.0 Å². The van der Waals surface area contributed by atoms with Gasteiger partial charge in [0.2, 0.25) is 5.95 Å². The maximum Gasteiger partial charge on any atom is 0.201 e. The molecular weight excluding hydrogens is 234 g/mol. The Kier molecular flexibility index (Phi) is 3.12. The normalized spacial score (nSPS) is 13.2. The number of nitrogens with two attached hydrogens (primary N) is 1. The molecule has 0 fully saturated rings. The number of hydrogen-bond donors (Lipinski definition) is 1. The standard InChI is InChI=1S/C16H25N3/c1-11-7-8-12-13(9-11)19(14(17)18-12)16(5,6)10-15(2,3)4/h7-9H,10H2,1-6H3,(H2,17,18). The van der Waals surface area contributed by atoms with Crippen LogP contribution >= 0.6 is 0 Å². The molecule has 0 amide bonds. The summed E-state index contributed by atoms with van der Waals surface area (Å²) >= 11 is 0. The fourth-order valence-electron chi connectivity index (χ4n) is 3.22. The molecule has 2 aromatic rings. The topological polar surface area (TPSA) is 43.8 Å². The second-order valence-corrected chi connectivity index (χ2v) is 7.35. The van der Waals surface area contributed by atoms with Gasteiger partial charge in [-0.25, -0.2) is 4.98 Å². The molecule has 0 spiro atoms. The second kappa shape index (κ2) is 4.26. The van der Waals surface area contributed by atoms with Gasteiger partial charge in [-0.1, -0.05) is 26.8 Å². The summed E-state index contributed by atoms with van der Waals surface area (Å²) in [5, 5.41) is 0. The summed E-state index contributed by atoms with van der Waals surface area (Å²) in [7, 11) is 0. The average molecular weight is 259 g/mol. The van der Waals surface area contributed by atoms with Crippen LogP contribution in [0.1, 0.15) is 46.6 Å². The molecule has 0 unspecified atom stereocenters. The average Bonchev–Trinajstić information content (AvgIpc) is 2.49. The van der Waals surface area contributed by atoms with Gasteiger partial charge in [-0.05, 0) is 50.3 Å². The van der Waals surface area contributed by atoms with Crippen LogP contribution < -0.4 is 5.73 Å². The van der Waals surface area contributed by atoms with Crippen LogP contribution in [-0.4, -0.2) is 9.55 Å². The Labute approximate surface area is 115 Å². The van der Waals surface area contributed by atoms with Gasteiger partial charge in [0.05, 0.1) is 11.0 Å². The molecule has 0 saturated carbocycles. The molecule has 0 aliphatic rings. The number of imidazole rings is 1. The molecule has 3 heteroatoms. The van der Waals surface area contributed by atoms with E-state index < -0.39 is 0 Å². The number of nitrogens with zero attached hydrogens (tertiary/aromatic N) is 2. The first-order valence-electron chi connectivity index (χ1n) is 6.85. The van der Waals surface area contributed by atoms with Crippen molar-refractivity contribution in [3.8, 4) is 0 Å². The fourth-order valence-corrected chi connectivity index (χ4v) is 3.22. The van der Waals surface area contributed by atoms with Crippen molar-refractivity contribution in [1.29, 1.82) is 0 Å². The van der Waals surface area contributed by atoms with Crippen molar-refractivity contribution >= 4 is 17.0 Å². The Balaban J connectivity index is 2.61. The van der Waals surface area contributed by atoms with Gasteiger partial charge in [0.15, 0.2) is 0 Å². The predicted octanol–water partition coefficient (Wildman–Crippen LogP) is 4.10. The zero-order valence-corrected chi connectivity index (χ0v) is 12.9. The number of benzene rings is 1. The number of fused-ring (bicyclic) bond motifs is 1. The third-order valence-corrected chi connectivity index (χ3v) is 3.40. The Morgan fingerprint density at radius 1 is 1.16 bits per heavy atom. The monoisotopic (exact) mass is 259 g/mol. The lowest BCUT2D eigenvalue weighted by molar-refractivity contribution is 0.222. The zero-order chi connectivity index (χ0) is 14.4. The van der Waals surface area contributed by atoms with Crippen LogP contribution in [0.4, 0.5) is 5.95 Å². The first kappa shape index (κ1) is 13.9. The fraction of sp³-hybridized carbons (Fsp3) is 0.562. The third kappa shape index (κ3) is 2.75. The van der Waals surface area contributed by atoms with E-state index in [1.54, 1.807) is 0 Å². The lowest BCUT2D eigenvalue weighted by Gasteiger charge is -2.34. The number of aromatic nitrogens is 2.